The van der Waals surface area contributed by atoms with Crippen molar-refractivity contribution in [2.24, 2.45) is 46.8 Å². The Hall–Kier alpha value is -0.260. The zero-order chi connectivity index (χ0) is 17.4. The van der Waals surface area contributed by atoms with E-state index in [1.165, 1.54) is 64.2 Å². The third-order valence-electron chi connectivity index (χ3n) is 9.41. The molecule has 0 heterocycles. The van der Waals surface area contributed by atoms with Crippen LogP contribution in [-0.4, -0.2) is 0 Å². The Morgan fingerprint density at radius 3 is 2.60 bits per heavy atom. The Bertz CT molecular complexity index is 476. The lowest BCUT2D eigenvalue weighted by atomic mass is 9.66. The minimum absolute atomic E-state index is 0.671. The van der Waals surface area contributed by atoms with Crippen molar-refractivity contribution in [3.8, 4) is 0 Å². The zero-order valence-electron chi connectivity index (χ0n) is 17.2. The van der Waals surface area contributed by atoms with Crippen LogP contribution < -0.4 is 0 Å². The third-order valence-corrected chi connectivity index (χ3v) is 9.41. The summed E-state index contributed by atoms with van der Waals surface area (Å²) in [5, 5.41) is 0. The van der Waals surface area contributed by atoms with E-state index in [0.29, 0.717) is 5.41 Å². The molecule has 8 unspecified atom stereocenters. The summed E-state index contributed by atoms with van der Waals surface area (Å²) in [5.41, 5.74) is 0.671. The van der Waals surface area contributed by atoms with Gasteiger partial charge in [-0.2, -0.15) is 0 Å². The third kappa shape index (κ3) is 3.49. The van der Waals surface area contributed by atoms with Crippen molar-refractivity contribution in [2.45, 2.75) is 97.8 Å². The Kier molecular flexibility index (Phi) is 5.36. The zero-order valence-corrected chi connectivity index (χ0v) is 17.2. The van der Waals surface area contributed by atoms with Crippen molar-refractivity contribution in [1.82, 2.24) is 0 Å². The maximum Gasteiger partial charge on any atom is -0.0205 e. The van der Waals surface area contributed by atoms with Crippen molar-refractivity contribution < 1.29 is 0 Å². The van der Waals surface area contributed by atoms with Crippen LogP contribution in [-0.2, 0) is 0 Å². The highest BCUT2D eigenvalue weighted by Crippen LogP contribution is 2.60. The second kappa shape index (κ2) is 7.40. The fraction of sp³-hybridized carbons (Fsp3) is 0.920. The molecule has 4 aliphatic rings. The molecular formula is C25H42. The molecule has 8 atom stereocenters. The summed E-state index contributed by atoms with van der Waals surface area (Å²) in [6.45, 7) is 7.69. The molecular weight excluding hydrogens is 300 g/mol. The van der Waals surface area contributed by atoms with Crippen LogP contribution in [0.1, 0.15) is 97.8 Å². The average molecular weight is 343 g/mol. The minimum Gasteiger partial charge on any atom is -0.0851 e. The van der Waals surface area contributed by atoms with Crippen LogP contribution >= 0.6 is 0 Å². The Morgan fingerprint density at radius 1 is 0.880 bits per heavy atom. The van der Waals surface area contributed by atoms with E-state index < -0.39 is 0 Å². The van der Waals surface area contributed by atoms with Crippen molar-refractivity contribution in [3.63, 3.8) is 0 Å². The first kappa shape index (κ1) is 18.1. The van der Waals surface area contributed by atoms with E-state index in [4.69, 9.17) is 0 Å². The van der Waals surface area contributed by atoms with Gasteiger partial charge in [0.25, 0.3) is 0 Å². The van der Waals surface area contributed by atoms with Gasteiger partial charge in [-0.15, -0.1) is 0 Å². The van der Waals surface area contributed by atoms with Gasteiger partial charge < -0.3 is 0 Å². The van der Waals surface area contributed by atoms with Gasteiger partial charge in [0.15, 0.2) is 0 Å². The predicted molar refractivity (Wildman–Crippen MR) is 108 cm³/mol. The molecule has 0 heteroatoms. The fourth-order valence-electron chi connectivity index (χ4n) is 7.90. The van der Waals surface area contributed by atoms with Crippen molar-refractivity contribution >= 4 is 0 Å². The highest BCUT2D eigenvalue weighted by molar-refractivity contribution is 5.04. The Labute approximate surface area is 157 Å². The van der Waals surface area contributed by atoms with Gasteiger partial charge in [0.2, 0.25) is 0 Å². The first-order valence-electron chi connectivity index (χ1n) is 11.8. The minimum atomic E-state index is 0.671. The second-order valence-electron chi connectivity index (χ2n) is 10.7. The van der Waals surface area contributed by atoms with Crippen LogP contribution in [0, 0.1) is 46.8 Å². The van der Waals surface area contributed by atoms with Crippen LogP contribution in [0.3, 0.4) is 0 Å². The quantitative estimate of drug-likeness (QED) is 0.429. The summed E-state index contributed by atoms with van der Waals surface area (Å²) in [7, 11) is 0. The summed E-state index contributed by atoms with van der Waals surface area (Å²) >= 11 is 0. The summed E-state index contributed by atoms with van der Waals surface area (Å²) in [4.78, 5) is 0. The van der Waals surface area contributed by atoms with Gasteiger partial charge in [0, 0.05) is 0 Å². The lowest BCUT2D eigenvalue weighted by Crippen LogP contribution is -2.32. The molecule has 4 aliphatic carbocycles. The van der Waals surface area contributed by atoms with E-state index in [1.807, 2.05) is 0 Å². The molecule has 0 N–H and O–H groups in total. The Balaban J connectivity index is 1.63. The average Bonchev–Trinajstić information content (AvgIpc) is 2.92. The molecule has 0 nitrogen and oxygen atoms in total. The highest BCUT2D eigenvalue weighted by Gasteiger charge is 2.50. The van der Waals surface area contributed by atoms with E-state index in [-0.39, 0.29) is 0 Å². The van der Waals surface area contributed by atoms with Crippen LogP contribution in [0.5, 0.6) is 0 Å². The highest BCUT2D eigenvalue weighted by atomic mass is 14.6. The number of rotatable bonds is 1. The molecule has 0 aliphatic heterocycles. The molecule has 0 spiro atoms. The number of allylic oxidation sites excluding steroid dienone is 2. The van der Waals surface area contributed by atoms with Crippen molar-refractivity contribution in [2.75, 3.05) is 0 Å². The second-order valence-corrected chi connectivity index (χ2v) is 10.7. The first-order valence-corrected chi connectivity index (χ1v) is 11.8. The molecule has 0 radical (unpaired) electrons. The smallest absolute Gasteiger partial charge is 0.0205 e. The van der Waals surface area contributed by atoms with Crippen molar-refractivity contribution in [3.05, 3.63) is 12.2 Å². The van der Waals surface area contributed by atoms with E-state index in [0.717, 1.165) is 41.4 Å². The molecule has 2 saturated carbocycles. The van der Waals surface area contributed by atoms with Crippen LogP contribution in [0.4, 0.5) is 0 Å². The van der Waals surface area contributed by atoms with Gasteiger partial charge in [-0.05, 0) is 105 Å². The maximum absolute atomic E-state index is 2.72. The van der Waals surface area contributed by atoms with Gasteiger partial charge in [-0.25, -0.2) is 0 Å². The number of hydrogen-bond donors (Lipinski definition) is 0. The van der Waals surface area contributed by atoms with E-state index >= 15 is 0 Å². The van der Waals surface area contributed by atoms with Crippen molar-refractivity contribution in [1.29, 1.82) is 0 Å². The van der Waals surface area contributed by atoms with Gasteiger partial charge in [0.1, 0.15) is 0 Å². The number of fused-ring (bicyclic) bond motifs is 7. The summed E-state index contributed by atoms with van der Waals surface area (Å²) in [6.07, 6.45) is 23.4. The fourth-order valence-corrected chi connectivity index (χ4v) is 7.90. The largest absolute Gasteiger partial charge is 0.0851 e. The lowest BCUT2D eigenvalue weighted by Gasteiger charge is -2.39. The molecule has 4 bridgehead atoms. The normalized spacial score (nSPS) is 50.6. The van der Waals surface area contributed by atoms with Crippen LogP contribution in [0.2, 0.25) is 0 Å². The molecule has 4 rings (SSSR count). The first-order chi connectivity index (χ1) is 12.1. The summed E-state index contributed by atoms with van der Waals surface area (Å²) < 4.78 is 0. The number of hydrogen-bond acceptors (Lipinski definition) is 0. The van der Waals surface area contributed by atoms with Gasteiger partial charge in [-0.1, -0.05) is 52.2 Å². The summed E-state index contributed by atoms with van der Waals surface area (Å²) in [6, 6.07) is 0. The lowest BCUT2D eigenvalue weighted by molar-refractivity contribution is 0.0990. The Morgan fingerprint density at radius 2 is 1.76 bits per heavy atom. The molecule has 142 valence electrons. The molecule has 0 amide bonds. The monoisotopic (exact) mass is 342 g/mol. The maximum atomic E-state index is 2.72. The van der Waals surface area contributed by atoms with Gasteiger partial charge in [0.05, 0.1) is 0 Å². The SMILES string of the molecule is CCC1CCC2C3CCC4C=CC(CCCC(C)C4)C(CCC12C)C3. The summed E-state index contributed by atoms with van der Waals surface area (Å²) in [5.74, 6) is 6.81. The van der Waals surface area contributed by atoms with Crippen LogP contribution in [0.15, 0.2) is 12.2 Å². The van der Waals surface area contributed by atoms with E-state index in [9.17, 15) is 0 Å². The van der Waals surface area contributed by atoms with Crippen LogP contribution in [0.25, 0.3) is 0 Å². The topological polar surface area (TPSA) is 0 Å². The van der Waals surface area contributed by atoms with E-state index in [2.05, 4.69) is 32.9 Å². The molecule has 0 aromatic rings. The molecule has 0 aromatic heterocycles. The molecule has 25 heavy (non-hydrogen) atoms. The molecule has 2 fully saturated rings. The molecule has 0 saturated heterocycles. The predicted octanol–water partition coefficient (Wildman–Crippen LogP) is 7.64. The van der Waals surface area contributed by atoms with Gasteiger partial charge in [-0.3, -0.25) is 0 Å². The standard InChI is InChI=1S/C25H42/c1-4-23-12-13-24-22-11-9-19-8-10-20(7-5-6-18(2)16-19)21(17-22)14-15-25(23,24)3/h8,10,18-24H,4-7,9,11-17H2,1-3H3. The van der Waals surface area contributed by atoms with E-state index in [1.54, 1.807) is 12.8 Å². The molecule has 0 aromatic carbocycles. The van der Waals surface area contributed by atoms with Gasteiger partial charge >= 0.3 is 0 Å².